The molecule has 0 aliphatic rings. The Balaban J connectivity index is 1.55. The van der Waals surface area contributed by atoms with Crippen LogP contribution in [0.4, 0.5) is 85.0 Å². The van der Waals surface area contributed by atoms with Gasteiger partial charge >= 0.3 is 36.8 Å². The van der Waals surface area contributed by atoms with Crippen LogP contribution in [0.5, 0.6) is 0 Å². The molecule has 0 bridgehead atoms. The topological polar surface area (TPSA) is 92.7 Å². The van der Waals surface area contributed by atoms with Gasteiger partial charge in [0.2, 0.25) is 0 Å². The van der Waals surface area contributed by atoms with Crippen LogP contribution in [0, 0.1) is 0 Å². The van der Waals surface area contributed by atoms with Gasteiger partial charge in [0.1, 0.15) is 0 Å². The molecule has 0 unspecified atom stereocenters. The monoisotopic (exact) mass is 826 g/mol. The first-order chi connectivity index (χ1) is 26.5. The van der Waals surface area contributed by atoms with Gasteiger partial charge in [-0.3, -0.25) is 9.80 Å². The number of nitrogens with two attached hydrogens (primary N) is 2. The third kappa shape index (κ3) is 9.49. The van der Waals surface area contributed by atoms with Gasteiger partial charge in [-0.05, 0) is 100.0 Å². The van der Waals surface area contributed by atoms with Crippen molar-refractivity contribution in [1.29, 1.82) is 0 Å². The number of benzene rings is 5. The van der Waals surface area contributed by atoms with Crippen molar-refractivity contribution in [3.05, 3.63) is 131 Å². The largest absolute Gasteiger partial charge is 0.416 e. The van der Waals surface area contributed by atoms with Crippen LogP contribution in [-0.2, 0) is 30.1 Å². The molecule has 0 heterocycles. The van der Waals surface area contributed by atoms with Gasteiger partial charge in [-0.25, -0.2) is 9.59 Å². The molecule has 4 amide bonds. The number of carbonyl (C=O) groups is 2. The van der Waals surface area contributed by atoms with Crippen molar-refractivity contribution in [3.8, 4) is 22.3 Å². The molecule has 0 atom stereocenters. The van der Waals surface area contributed by atoms with Crippen molar-refractivity contribution >= 4 is 34.8 Å². The second-order valence-corrected chi connectivity index (χ2v) is 14.0. The molecule has 18 heteroatoms. The molecule has 0 radical (unpaired) electrons. The quantitative estimate of drug-likeness (QED) is 0.167. The summed E-state index contributed by atoms with van der Waals surface area (Å²) < 4.78 is 163. The maximum Gasteiger partial charge on any atom is 0.416 e. The highest BCUT2D eigenvalue weighted by Crippen LogP contribution is 2.43. The van der Waals surface area contributed by atoms with Crippen molar-refractivity contribution in [2.75, 3.05) is 9.80 Å². The second kappa shape index (κ2) is 14.9. The number of hydrogen-bond acceptors (Lipinski definition) is 2. The first kappa shape index (κ1) is 42.9. The zero-order valence-electron chi connectivity index (χ0n) is 30.2. The minimum atomic E-state index is -5.19. The Bertz CT molecular complexity index is 2120. The molecule has 5 aromatic carbocycles. The zero-order valence-corrected chi connectivity index (χ0v) is 30.2. The molecule has 306 valence electrons. The Kier molecular flexibility index (Phi) is 11.1. The Morgan fingerprint density at radius 3 is 0.879 bits per heavy atom. The van der Waals surface area contributed by atoms with Crippen LogP contribution < -0.4 is 21.3 Å². The highest BCUT2D eigenvalue weighted by Gasteiger charge is 2.39. The van der Waals surface area contributed by atoms with E-state index in [0.717, 1.165) is 5.56 Å². The average Bonchev–Trinajstić information content (AvgIpc) is 3.10. The Morgan fingerprint density at radius 1 is 0.379 bits per heavy atom. The summed E-state index contributed by atoms with van der Waals surface area (Å²) >= 11 is 0. The highest BCUT2D eigenvalue weighted by molar-refractivity contribution is 6.00. The van der Waals surface area contributed by atoms with E-state index < -0.39 is 75.8 Å². The van der Waals surface area contributed by atoms with E-state index in [-0.39, 0.29) is 23.5 Å². The number of urea groups is 2. The van der Waals surface area contributed by atoms with Crippen LogP contribution in [0.15, 0.2) is 103 Å². The number of hydrogen-bond donors (Lipinski definition) is 2. The summed E-state index contributed by atoms with van der Waals surface area (Å²) in [5, 5.41) is 0. The molecule has 0 fully saturated rings. The molecule has 5 rings (SSSR count). The van der Waals surface area contributed by atoms with Crippen LogP contribution in [-0.4, -0.2) is 12.1 Å². The molecule has 0 aliphatic carbocycles. The summed E-state index contributed by atoms with van der Waals surface area (Å²) in [4.78, 5) is 26.0. The minimum Gasteiger partial charge on any atom is -0.351 e. The summed E-state index contributed by atoms with van der Waals surface area (Å²) in [7, 11) is 0. The van der Waals surface area contributed by atoms with E-state index in [1.165, 1.54) is 48.5 Å². The van der Waals surface area contributed by atoms with Gasteiger partial charge < -0.3 is 11.5 Å². The fourth-order valence-electron chi connectivity index (χ4n) is 5.94. The number of primary amides is 2. The number of rotatable bonds is 6. The number of nitrogens with zero attached hydrogens (tertiary/aromatic N) is 2. The summed E-state index contributed by atoms with van der Waals surface area (Å²) in [6, 6.07) is 14.7. The minimum absolute atomic E-state index is 0.0870. The van der Waals surface area contributed by atoms with Crippen LogP contribution >= 0.6 is 0 Å². The first-order valence-electron chi connectivity index (χ1n) is 16.7. The number of amides is 4. The van der Waals surface area contributed by atoms with Crippen molar-refractivity contribution in [2.45, 2.75) is 50.9 Å². The summed E-state index contributed by atoms with van der Waals surface area (Å²) in [5.74, 6) is 0. The molecule has 0 spiro atoms. The molecular formula is C40H30F12N4O2. The fourth-order valence-corrected chi connectivity index (χ4v) is 5.94. The van der Waals surface area contributed by atoms with Crippen molar-refractivity contribution in [3.63, 3.8) is 0 Å². The molecule has 0 saturated heterocycles. The molecule has 0 saturated carbocycles. The van der Waals surface area contributed by atoms with Gasteiger partial charge in [-0.15, -0.1) is 0 Å². The maximum atomic E-state index is 13.6. The molecule has 6 nitrogen and oxygen atoms in total. The summed E-state index contributed by atoms with van der Waals surface area (Å²) in [6.07, 6.45) is -20.8. The summed E-state index contributed by atoms with van der Waals surface area (Å²) in [5.41, 5.74) is 4.69. The molecule has 58 heavy (non-hydrogen) atoms. The van der Waals surface area contributed by atoms with Crippen molar-refractivity contribution in [1.82, 2.24) is 0 Å². The standard InChI is InChI=1S/C40H30F12N4O2/c1-36(2,3)25-13-23(21-4-8-30(9-5-21)55(34(53)57)32-17-26(37(41,42)43)15-27(18-32)38(44,45)46)12-24(14-25)22-6-10-31(11-7-22)56(35(54)58)33-19-28(39(47,48)49)16-29(20-33)40(50,51)52/h4-20H,1-3H3,(H2,53,57)(H2,54,58). The normalized spacial score (nSPS) is 12.7. The van der Waals surface area contributed by atoms with Crippen LogP contribution in [0.1, 0.15) is 48.6 Å². The van der Waals surface area contributed by atoms with Gasteiger partial charge in [0.15, 0.2) is 0 Å². The molecule has 0 aromatic heterocycles. The molecular weight excluding hydrogens is 796 g/mol. The lowest BCUT2D eigenvalue weighted by molar-refractivity contribution is -0.144. The highest BCUT2D eigenvalue weighted by atomic mass is 19.4. The van der Waals surface area contributed by atoms with E-state index in [0.29, 0.717) is 56.3 Å². The van der Waals surface area contributed by atoms with E-state index in [2.05, 4.69) is 0 Å². The molecule has 0 aliphatic heterocycles. The number of halogens is 12. The summed E-state index contributed by atoms with van der Waals surface area (Å²) in [6.45, 7) is 5.68. The van der Waals surface area contributed by atoms with Gasteiger partial charge in [-0.1, -0.05) is 57.2 Å². The predicted molar refractivity (Wildman–Crippen MR) is 192 cm³/mol. The third-order valence-corrected chi connectivity index (χ3v) is 8.82. The average molecular weight is 827 g/mol. The lowest BCUT2D eigenvalue weighted by atomic mass is 9.83. The molecule has 4 N–H and O–H groups in total. The number of carbonyl (C=O) groups excluding carboxylic acids is 2. The van der Waals surface area contributed by atoms with Gasteiger partial charge in [-0.2, -0.15) is 52.7 Å². The Hall–Kier alpha value is -6.20. The Labute approximate surface area is 322 Å². The van der Waals surface area contributed by atoms with Crippen LogP contribution in [0.25, 0.3) is 22.3 Å². The van der Waals surface area contributed by atoms with Crippen LogP contribution in [0.2, 0.25) is 0 Å². The predicted octanol–water partition coefficient (Wildman–Crippen LogP) is 12.8. The van der Waals surface area contributed by atoms with E-state index in [1.54, 1.807) is 6.07 Å². The lowest BCUT2D eigenvalue weighted by Gasteiger charge is -2.24. The third-order valence-electron chi connectivity index (χ3n) is 8.82. The number of anilines is 4. The van der Waals surface area contributed by atoms with Crippen LogP contribution in [0.3, 0.4) is 0 Å². The van der Waals surface area contributed by atoms with Crippen molar-refractivity contribution in [2.24, 2.45) is 11.5 Å². The van der Waals surface area contributed by atoms with Gasteiger partial charge in [0.25, 0.3) is 0 Å². The Morgan fingerprint density at radius 2 is 0.655 bits per heavy atom. The van der Waals surface area contributed by atoms with E-state index >= 15 is 0 Å². The second-order valence-electron chi connectivity index (χ2n) is 14.0. The smallest absolute Gasteiger partial charge is 0.351 e. The van der Waals surface area contributed by atoms with Gasteiger partial charge in [0, 0.05) is 0 Å². The zero-order chi connectivity index (χ0) is 43.3. The van der Waals surface area contributed by atoms with E-state index in [4.69, 9.17) is 11.5 Å². The first-order valence-corrected chi connectivity index (χ1v) is 16.7. The SMILES string of the molecule is CC(C)(C)c1cc(-c2ccc(N(C(N)=O)c3cc(C(F)(F)F)cc(C(F)(F)F)c3)cc2)cc(-c2ccc(N(C(N)=O)c3cc(C(F)(F)F)cc(C(F)(F)F)c3)cc2)c1. The number of alkyl halides is 12. The van der Waals surface area contributed by atoms with Crippen molar-refractivity contribution < 1.29 is 62.3 Å². The van der Waals surface area contributed by atoms with Gasteiger partial charge in [0.05, 0.1) is 45.0 Å². The van der Waals surface area contributed by atoms with E-state index in [1.807, 2.05) is 32.9 Å². The maximum absolute atomic E-state index is 13.6. The lowest BCUT2D eigenvalue weighted by Crippen LogP contribution is -2.32. The fraction of sp³-hybridized carbons (Fsp3) is 0.200. The molecule has 5 aromatic rings. The van der Waals surface area contributed by atoms with E-state index in [9.17, 15) is 62.3 Å².